The van der Waals surface area contributed by atoms with Crippen molar-refractivity contribution >= 4 is 11.4 Å². The molecule has 18 heavy (non-hydrogen) atoms. The second-order valence-electron chi connectivity index (χ2n) is 5.25. The first kappa shape index (κ1) is 14.4. The second-order valence-corrected chi connectivity index (χ2v) is 5.25. The van der Waals surface area contributed by atoms with Crippen LogP contribution in [0.3, 0.4) is 0 Å². The Labute approximate surface area is 107 Å². The summed E-state index contributed by atoms with van der Waals surface area (Å²) in [4.78, 5) is 10.4. The van der Waals surface area contributed by atoms with Crippen LogP contribution in [0.15, 0.2) is 18.2 Å². The molecule has 5 nitrogen and oxygen atoms in total. The molecule has 1 rings (SSSR count). The number of nitrogens with zero attached hydrogens (tertiary/aromatic N) is 1. The molecule has 0 radical (unpaired) electrons. The lowest BCUT2D eigenvalue weighted by molar-refractivity contribution is -0.385. The van der Waals surface area contributed by atoms with Crippen molar-refractivity contribution in [2.45, 2.75) is 27.2 Å². The van der Waals surface area contributed by atoms with Gasteiger partial charge in [-0.2, -0.15) is 0 Å². The van der Waals surface area contributed by atoms with Crippen molar-refractivity contribution in [3.05, 3.63) is 33.9 Å². The second kappa shape index (κ2) is 5.82. The highest BCUT2D eigenvalue weighted by Gasteiger charge is 2.17. The molecule has 1 aromatic rings. The van der Waals surface area contributed by atoms with Gasteiger partial charge in [0.25, 0.3) is 5.69 Å². The lowest BCUT2D eigenvalue weighted by atomic mass is 9.89. The fourth-order valence-electron chi connectivity index (χ4n) is 1.65. The molecule has 0 aliphatic rings. The summed E-state index contributed by atoms with van der Waals surface area (Å²) in [6, 6.07) is 5.11. The molecule has 0 spiro atoms. The van der Waals surface area contributed by atoms with Gasteiger partial charge in [0, 0.05) is 30.5 Å². The Morgan fingerprint density at radius 1 is 1.44 bits per heavy atom. The molecular formula is C13H20N2O3. The summed E-state index contributed by atoms with van der Waals surface area (Å²) in [6.07, 6.45) is 0.688. The van der Waals surface area contributed by atoms with Crippen LogP contribution in [0.2, 0.25) is 0 Å². The van der Waals surface area contributed by atoms with E-state index in [-0.39, 0.29) is 22.6 Å². The van der Waals surface area contributed by atoms with E-state index >= 15 is 0 Å². The minimum atomic E-state index is -0.376. The first-order valence-electron chi connectivity index (χ1n) is 5.95. The van der Waals surface area contributed by atoms with Crippen molar-refractivity contribution in [3.8, 4) is 0 Å². The standard InChI is InChI=1S/C13H20N2O3/c1-10-4-5-11(8-12(10)15(17)18)14-9-13(2,3)6-7-16/h4-5,8,14,16H,6-7,9H2,1-3H3. The summed E-state index contributed by atoms with van der Waals surface area (Å²) in [7, 11) is 0. The Hall–Kier alpha value is -1.62. The van der Waals surface area contributed by atoms with Gasteiger partial charge in [-0.25, -0.2) is 0 Å². The van der Waals surface area contributed by atoms with Crippen LogP contribution >= 0.6 is 0 Å². The quantitative estimate of drug-likeness (QED) is 0.603. The third kappa shape index (κ3) is 4.00. The fourth-order valence-corrected chi connectivity index (χ4v) is 1.65. The highest BCUT2D eigenvalue weighted by atomic mass is 16.6. The third-order valence-corrected chi connectivity index (χ3v) is 2.97. The molecule has 5 heteroatoms. The molecule has 0 saturated heterocycles. The van der Waals surface area contributed by atoms with E-state index in [0.717, 1.165) is 5.69 Å². The molecule has 0 aliphatic heterocycles. The van der Waals surface area contributed by atoms with Gasteiger partial charge in [-0.3, -0.25) is 10.1 Å². The van der Waals surface area contributed by atoms with Crippen LogP contribution in [0.5, 0.6) is 0 Å². The van der Waals surface area contributed by atoms with Crippen molar-refractivity contribution in [2.75, 3.05) is 18.5 Å². The first-order chi connectivity index (χ1) is 8.35. The fraction of sp³-hybridized carbons (Fsp3) is 0.538. The van der Waals surface area contributed by atoms with Crippen LogP contribution in [0, 0.1) is 22.5 Å². The molecule has 1 aromatic carbocycles. The molecule has 0 aromatic heterocycles. The first-order valence-corrected chi connectivity index (χ1v) is 5.95. The van der Waals surface area contributed by atoms with Crippen molar-refractivity contribution in [3.63, 3.8) is 0 Å². The van der Waals surface area contributed by atoms with Gasteiger partial charge in [0.1, 0.15) is 0 Å². The van der Waals surface area contributed by atoms with Crippen LogP contribution in [0.1, 0.15) is 25.8 Å². The number of rotatable bonds is 6. The van der Waals surface area contributed by atoms with Gasteiger partial charge < -0.3 is 10.4 Å². The van der Waals surface area contributed by atoms with Gasteiger partial charge in [0.2, 0.25) is 0 Å². The lowest BCUT2D eigenvalue weighted by Gasteiger charge is -2.24. The number of aryl methyl sites for hydroxylation is 1. The largest absolute Gasteiger partial charge is 0.396 e. The van der Waals surface area contributed by atoms with Gasteiger partial charge in [0.15, 0.2) is 0 Å². The SMILES string of the molecule is Cc1ccc(NCC(C)(C)CCO)cc1[N+](=O)[O-]. The number of aliphatic hydroxyl groups excluding tert-OH is 1. The minimum absolute atomic E-state index is 0.0472. The molecule has 0 fully saturated rings. The molecule has 0 aliphatic carbocycles. The molecular weight excluding hydrogens is 232 g/mol. The summed E-state index contributed by atoms with van der Waals surface area (Å²) in [5.41, 5.74) is 1.47. The van der Waals surface area contributed by atoms with E-state index in [1.54, 1.807) is 19.1 Å². The zero-order valence-corrected chi connectivity index (χ0v) is 11.1. The molecule has 0 heterocycles. The predicted molar refractivity (Wildman–Crippen MR) is 71.8 cm³/mol. The van der Waals surface area contributed by atoms with Crippen molar-refractivity contribution in [1.29, 1.82) is 0 Å². The zero-order valence-electron chi connectivity index (χ0n) is 11.1. The molecule has 0 atom stereocenters. The average molecular weight is 252 g/mol. The number of nitro groups is 1. The Bertz CT molecular complexity index is 430. The van der Waals surface area contributed by atoms with Crippen LogP contribution in [-0.2, 0) is 0 Å². The molecule has 0 amide bonds. The maximum atomic E-state index is 10.8. The third-order valence-electron chi connectivity index (χ3n) is 2.97. The van der Waals surface area contributed by atoms with Crippen LogP contribution in [0.25, 0.3) is 0 Å². The van der Waals surface area contributed by atoms with E-state index in [0.29, 0.717) is 18.5 Å². The Morgan fingerprint density at radius 2 is 2.11 bits per heavy atom. The summed E-state index contributed by atoms with van der Waals surface area (Å²) >= 11 is 0. The number of hydrogen-bond acceptors (Lipinski definition) is 4. The van der Waals surface area contributed by atoms with E-state index in [9.17, 15) is 10.1 Å². The number of benzene rings is 1. The summed E-state index contributed by atoms with van der Waals surface area (Å²) in [5, 5.41) is 22.9. The van der Waals surface area contributed by atoms with Crippen molar-refractivity contribution in [1.82, 2.24) is 0 Å². The number of nitro benzene ring substituents is 1. The monoisotopic (exact) mass is 252 g/mol. The maximum absolute atomic E-state index is 10.8. The predicted octanol–water partition coefficient (Wildman–Crippen LogP) is 2.72. The van der Waals surface area contributed by atoms with Crippen LogP contribution in [0.4, 0.5) is 11.4 Å². The molecule has 0 saturated carbocycles. The van der Waals surface area contributed by atoms with E-state index < -0.39 is 0 Å². The van der Waals surface area contributed by atoms with E-state index in [1.807, 2.05) is 19.9 Å². The molecule has 100 valence electrons. The average Bonchev–Trinajstić information content (AvgIpc) is 2.27. The molecule has 0 unspecified atom stereocenters. The highest BCUT2D eigenvalue weighted by molar-refractivity contribution is 5.54. The summed E-state index contributed by atoms with van der Waals surface area (Å²) < 4.78 is 0. The van der Waals surface area contributed by atoms with Gasteiger partial charge in [0.05, 0.1) is 4.92 Å². The Morgan fingerprint density at radius 3 is 2.67 bits per heavy atom. The maximum Gasteiger partial charge on any atom is 0.274 e. The molecule has 2 N–H and O–H groups in total. The Balaban J connectivity index is 2.74. The summed E-state index contributed by atoms with van der Waals surface area (Å²) in [6.45, 7) is 6.60. The van der Waals surface area contributed by atoms with Crippen LogP contribution < -0.4 is 5.32 Å². The number of anilines is 1. The van der Waals surface area contributed by atoms with E-state index in [4.69, 9.17) is 5.11 Å². The van der Waals surface area contributed by atoms with Gasteiger partial charge in [-0.05, 0) is 24.8 Å². The highest BCUT2D eigenvalue weighted by Crippen LogP contribution is 2.25. The zero-order chi connectivity index (χ0) is 13.8. The minimum Gasteiger partial charge on any atom is -0.396 e. The number of aliphatic hydroxyl groups is 1. The molecule has 0 bridgehead atoms. The number of hydrogen-bond donors (Lipinski definition) is 2. The Kier molecular flexibility index (Phi) is 4.67. The van der Waals surface area contributed by atoms with E-state index in [1.165, 1.54) is 0 Å². The van der Waals surface area contributed by atoms with Gasteiger partial charge in [-0.1, -0.05) is 19.9 Å². The van der Waals surface area contributed by atoms with E-state index in [2.05, 4.69) is 5.32 Å². The van der Waals surface area contributed by atoms with Crippen LogP contribution in [-0.4, -0.2) is 23.2 Å². The number of nitrogens with one attached hydrogen (secondary N) is 1. The van der Waals surface area contributed by atoms with Crippen molar-refractivity contribution < 1.29 is 10.0 Å². The smallest absolute Gasteiger partial charge is 0.274 e. The van der Waals surface area contributed by atoms with Gasteiger partial charge >= 0.3 is 0 Å². The lowest BCUT2D eigenvalue weighted by Crippen LogP contribution is -2.24. The normalized spacial score (nSPS) is 11.3. The van der Waals surface area contributed by atoms with Crippen molar-refractivity contribution in [2.24, 2.45) is 5.41 Å². The topological polar surface area (TPSA) is 75.4 Å². The van der Waals surface area contributed by atoms with Gasteiger partial charge in [-0.15, -0.1) is 0 Å². The summed E-state index contributed by atoms with van der Waals surface area (Å²) in [5.74, 6) is 0.